The average molecular weight is 510 g/mol. The fraction of sp³-hybridized carbons (Fsp3) is 0.788. The van der Waals surface area contributed by atoms with Crippen molar-refractivity contribution in [3.05, 3.63) is 34.8 Å². The maximum Gasteiger partial charge on any atom is 0.133 e. The molecule has 2 rings (SSSR count). The molecule has 0 amide bonds. The molecule has 2 nitrogen and oxygen atoms in total. The lowest BCUT2D eigenvalue weighted by atomic mass is 9.72. The minimum Gasteiger partial charge on any atom is -0.385 e. The van der Waals surface area contributed by atoms with E-state index in [1.54, 1.807) is 12.2 Å². The van der Waals surface area contributed by atoms with Crippen LogP contribution in [0.25, 0.3) is 0 Å². The van der Waals surface area contributed by atoms with E-state index < -0.39 is 0 Å². The third-order valence-corrected chi connectivity index (χ3v) is 6.40. The van der Waals surface area contributed by atoms with Gasteiger partial charge in [-0.25, -0.2) is 4.39 Å². The third-order valence-electron chi connectivity index (χ3n) is 6.40. The number of nitrogens with one attached hydrogen (secondary N) is 1. The normalized spacial score (nSPS) is 19.8. The summed E-state index contributed by atoms with van der Waals surface area (Å²) in [5.74, 6) is 0.489. The summed E-state index contributed by atoms with van der Waals surface area (Å²) in [5, 5.41) is 3.40. The minimum absolute atomic E-state index is 0.142. The van der Waals surface area contributed by atoms with Crippen LogP contribution in [0.3, 0.4) is 0 Å². The fourth-order valence-electron chi connectivity index (χ4n) is 3.61. The van der Waals surface area contributed by atoms with E-state index in [0.717, 1.165) is 29.5 Å². The van der Waals surface area contributed by atoms with Crippen LogP contribution < -0.4 is 5.32 Å². The lowest BCUT2D eigenvalue weighted by Crippen LogP contribution is -2.29. The van der Waals surface area contributed by atoms with Crippen LogP contribution in [-0.2, 0) is 4.79 Å². The van der Waals surface area contributed by atoms with Gasteiger partial charge >= 0.3 is 0 Å². The van der Waals surface area contributed by atoms with Crippen molar-refractivity contribution in [1.29, 1.82) is 0 Å². The van der Waals surface area contributed by atoms with Crippen LogP contribution in [0.5, 0.6) is 0 Å². The number of ketones is 1. The lowest BCUT2D eigenvalue weighted by Gasteiger charge is -2.33. The Morgan fingerprint density at radius 3 is 1.81 bits per heavy atom. The van der Waals surface area contributed by atoms with Crippen molar-refractivity contribution >= 4 is 5.78 Å². The predicted octanol–water partition coefficient (Wildman–Crippen LogP) is 11.1. The van der Waals surface area contributed by atoms with Crippen LogP contribution in [0.2, 0.25) is 0 Å². The Morgan fingerprint density at radius 1 is 1.06 bits per heavy atom. The van der Waals surface area contributed by atoms with Crippen LogP contribution in [0, 0.1) is 16.7 Å². The summed E-state index contributed by atoms with van der Waals surface area (Å²) in [6.45, 7) is 31.4. The molecule has 1 saturated carbocycles. The van der Waals surface area contributed by atoms with Gasteiger partial charge in [-0.3, -0.25) is 4.79 Å². The third kappa shape index (κ3) is 18.8. The van der Waals surface area contributed by atoms with E-state index >= 15 is 0 Å². The predicted molar refractivity (Wildman–Crippen MR) is 162 cm³/mol. The molecule has 0 aromatic rings. The van der Waals surface area contributed by atoms with Crippen molar-refractivity contribution in [1.82, 2.24) is 5.32 Å². The van der Waals surface area contributed by atoms with Crippen molar-refractivity contribution < 1.29 is 9.18 Å². The molecule has 0 aromatic carbocycles. The van der Waals surface area contributed by atoms with Gasteiger partial charge in [-0.15, -0.1) is 0 Å². The van der Waals surface area contributed by atoms with Crippen LogP contribution in [0.15, 0.2) is 34.8 Å². The Kier molecular flexibility index (Phi) is 22.5. The van der Waals surface area contributed by atoms with Crippen LogP contribution in [0.4, 0.5) is 4.39 Å². The highest BCUT2D eigenvalue weighted by atomic mass is 19.1. The first-order valence-corrected chi connectivity index (χ1v) is 14.7. The molecule has 0 aromatic heterocycles. The molecule has 214 valence electrons. The second-order valence-corrected chi connectivity index (χ2v) is 11.5. The Morgan fingerprint density at radius 2 is 1.53 bits per heavy atom. The highest BCUT2D eigenvalue weighted by Gasteiger charge is 2.25. The Balaban J connectivity index is -0.000000478. The standard InChI is InChI=1S/C15H24FN.C8H16O.C6H12.2C2H6/c1-6-10(3)14-8-13(16)9-15(12(14)5)17-11(4)7-2;1-5-7(9)6-8(2,3)4;1-6(2)4-3-5-6;2*1-2/h8-9,11-12,17H,6-7H2,1-5H3;5-6H2,1-4H3;3-5H2,1-2H3;2*1-2H3. The molecule has 3 heteroatoms. The molecular weight excluding hydrogens is 445 g/mol. The van der Waals surface area contributed by atoms with Gasteiger partial charge in [0.1, 0.15) is 11.6 Å². The van der Waals surface area contributed by atoms with Gasteiger partial charge in [0.05, 0.1) is 0 Å². The Labute approximate surface area is 226 Å². The molecule has 0 saturated heterocycles. The van der Waals surface area contributed by atoms with Crippen LogP contribution in [0.1, 0.15) is 149 Å². The van der Waals surface area contributed by atoms with Crippen molar-refractivity contribution in [3.63, 3.8) is 0 Å². The van der Waals surface area contributed by atoms with Gasteiger partial charge in [-0.05, 0) is 68.1 Å². The minimum atomic E-state index is -0.142. The number of carbonyl (C=O) groups excluding carboxylic acids is 1. The molecule has 2 aliphatic carbocycles. The molecule has 2 atom stereocenters. The molecule has 1 fully saturated rings. The largest absolute Gasteiger partial charge is 0.385 e. The number of Topliss-reactive ketones (excluding diaryl/α,β-unsaturated/α-hetero) is 1. The maximum absolute atomic E-state index is 13.6. The number of hydrogen-bond acceptors (Lipinski definition) is 2. The van der Waals surface area contributed by atoms with Gasteiger partial charge in [0.25, 0.3) is 0 Å². The van der Waals surface area contributed by atoms with E-state index in [-0.39, 0.29) is 17.2 Å². The number of allylic oxidation sites excluding steroid dienone is 5. The molecule has 0 radical (unpaired) electrons. The van der Waals surface area contributed by atoms with E-state index in [0.29, 0.717) is 24.7 Å². The summed E-state index contributed by atoms with van der Waals surface area (Å²) in [7, 11) is 0. The van der Waals surface area contributed by atoms with Gasteiger partial charge in [0.2, 0.25) is 0 Å². The summed E-state index contributed by atoms with van der Waals surface area (Å²) < 4.78 is 13.6. The molecular formula is C33H64FNO. The van der Waals surface area contributed by atoms with Crippen molar-refractivity contribution in [2.24, 2.45) is 16.7 Å². The summed E-state index contributed by atoms with van der Waals surface area (Å²) in [6.07, 6.45) is 11.1. The molecule has 0 heterocycles. The Hall–Kier alpha value is -1.38. The summed E-state index contributed by atoms with van der Waals surface area (Å²) in [6, 6.07) is 0.387. The smallest absolute Gasteiger partial charge is 0.133 e. The molecule has 36 heavy (non-hydrogen) atoms. The number of rotatable bonds is 6. The quantitative estimate of drug-likeness (QED) is 0.385. The van der Waals surface area contributed by atoms with Gasteiger partial charge in [-0.1, -0.05) is 102 Å². The van der Waals surface area contributed by atoms with E-state index in [2.05, 4.69) is 74.6 Å². The van der Waals surface area contributed by atoms with Gasteiger partial charge in [0.15, 0.2) is 0 Å². The SMILES string of the molecule is CC.CC.CC1(C)CCC1.CCC(=O)CC(C)(C)C.CCC(C)=C1C=C(F)C=C(NC(C)CC)C1C. The lowest BCUT2D eigenvalue weighted by molar-refractivity contribution is -0.120. The van der Waals surface area contributed by atoms with Gasteiger partial charge < -0.3 is 5.32 Å². The van der Waals surface area contributed by atoms with Crippen molar-refractivity contribution in [2.45, 2.75) is 155 Å². The van der Waals surface area contributed by atoms with Crippen LogP contribution >= 0.6 is 0 Å². The van der Waals surface area contributed by atoms with Crippen LogP contribution in [-0.4, -0.2) is 11.8 Å². The van der Waals surface area contributed by atoms with E-state index in [9.17, 15) is 9.18 Å². The monoisotopic (exact) mass is 509 g/mol. The number of carbonyl (C=O) groups is 1. The second kappa shape index (κ2) is 20.7. The maximum atomic E-state index is 13.6. The zero-order chi connectivity index (χ0) is 29.1. The first kappa shape index (κ1) is 39.1. The molecule has 0 aliphatic heterocycles. The number of halogens is 1. The highest BCUT2D eigenvalue weighted by molar-refractivity contribution is 5.78. The molecule has 2 aliphatic rings. The van der Waals surface area contributed by atoms with Gasteiger partial charge in [0, 0.05) is 30.5 Å². The summed E-state index contributed by atoms with van der Waals surface area (Å²) >= 11 is 0. The number of hydrogen-bond donors (Lipinski definition) is 1. The summed E-state index contributed by atoms with van der Waals surface area (Å²) in [5.41, 5.74) is 4.29. The first-order chi connectivity index (χ1) is 16.7. The molecule has 1 N–H and O–H groups in total. The first-order valence-electron chi connectivity index (χ1n) is 14.7. The highest BCUT2D eigenvalue weighted by Crippen LogP contribution is 2.39. The molecule has 0 bridgehead atoms. The van der Waals surface area contributed by atoms with E-state index in [1.165, 1.54) is 24.8 Å². The van der Waals surface area contributed by atoms with Crippen molar-refractivity contribution in [2.75, 3.05) is 0 Å². The topological polar surface area (TPSA) is 29.1 Å². The average Bonchev–Trinajstić information content (AvgIpc) is 2.81. The summed E-state index contributed by atoms with van der Waals surface area (Å²) in [4.78, 5) is 10.8. The van der Waals surface area contributed by atoms with E-state index in [4.69, 9.17) is 0 Å². The van der Waals surface area contributed by atoms with E-state index in [1.807, 2.05) is 34.6 Å². The van der Waals surface area contributed by atoms with Crippen molar-refractivity contribution in [3.8, 4) is 0 Å². The molecule has 0 spiro atoms. The van der Waals surface area contributed by atoms with Gasteiger partial charge in [-0.2, -0.15) is 0 Å². The zero-order valence-corrected chi connectivity index (χ0v) is 27.0. The zero-order valence-electron chi connectivity index (χ0n) is 27.0. The second-order valence-electron chi connectivity index (χ2n) is 11.5. The Bertz CT molecular complexity index is 670. The fourth-order valence-corrected chi connectivity index (χ4v) is 3.61. The molecule has 2 unspecified atom stereocenters.